The van der Waals surface area contributed by atoms with Gasteiger partial charge in [0.15, 0.2) is 11.0 Å². The Bertz CT molecular complexity index is 553. The maximum atomic E-state index is 12.6. The molecule has 0 radical (unpaired) electrons. The van der Waals surface area contributed by atoms with Crippen LogP contribution in [0, 0.1) is 0 Å². The van der Waals surface area contributed by atoms with Gasteiger partial charge in [-0.2, -0.15) is 0 Å². The lowest BCUT2D eigenvalue weighted by Gasteiger charge is -2.48. The summed E-state index contributed by atoms with van der Waals surface area (Å²) in [6, 6.07) is 2.04. The third-order valence-electron chi connectivity index (χ3n) is 4.31. The molecule has 1 aromatic rings. The molecular formula is C15H25ClN6O. The maximum absolute atomic E-state index is 12.6. The Morgan fingerprint density at radius 2 is 1.87 bits per heavy atom. The van der Waals surface area contributed by atoms with Crippen LogP contribution in [0.5, 0.6) is 0 Å². The highest BCUT2D eigenvalue weighted by molar-refractivity contribution is 6.29. The minimum absolute atomic E-state index is 0.0576. The Balaban J connectivity index is 2.31. The zero-order valence-corrected chi connectivity index (χ0v) is 14.9. The predicted molar refractivity (Wildman–Crippen MR) is 92.7 cm³/mol. The number of nitrogens with zero attached hydrogens (tertiary/aromatic N) is 5. The number of halogens is 1. The van der Waals surface area contributed by atoms with Crippen molar-refractivity contribution in [3.05, 3.63) is 11.2 Å². The lowest BCUT2D eigenvalue weighted by molar-refractivity contribution is 0.104. The van der Waals surface area contributed by atoms with Gasteiger partial charge in [0.2, 0.25) is 0 Å². The topological polar surface area (TPSA) is 78.6 Å². The van der Waals surface area contributed by atoms with E-state index in [1.165, 1.54) is 0 Å². The molecule has 1 fully saturated rings. The first kappa shape index (κ1) is 17.6. The number of carbonyl (C=O) groups excluding carboxylic acids is 1. The van der Waals surface area contributed by atoms with E-state index in [1.807, 2.05) is 4.90 Å². The van der Waals surface area contributed by atoms with Crippen LogP contribution in [0.4, 0.5) is 16.3 Å². The van der Waals surface area contributed by atoms with Gasteiger partial charge >= 0.3 is 6.03 Å². The number of hydrogen-bond donors (Lipinski definition) is 1. The molecule has 1 aromatic heterocycles. The standard InChI is InChI=1S/C15H25ClN6O/c1-5-10-8-21(12-7-13(16)18-19-14(12)17)9-11(6-2)22(10)15(23)20(3)4/h7,10-11H,5-6,8-9H2,1-4H3,(H2,17,19). The number of hydrogen-bond acceptors (Lipinski definition) is 5. The smallest absolute Gasteiger partial charge is 0.320 e. The summed E-state index contributed by atoms with van der Waals surface area (Å²) in [4.78, 5) is 18.4. The Kier molecular flexibility index (Phi) is 5.51. The molecule has 0 bridgehead atoms. The van der Waals surface area contributed by atoms with Crippen LogP contribution in [0.3, 0.4) is 0 Å². The second-order valence-electron chi connectivity index (χ2n) is 6.05. The van der Waals surface area contributed by atoms with Crippen molar-refractivity contribution in [2.45, 2.75) is 38.8 Å². The van der Waals surface area contributed by atoms with Crippen molar-refractivity contribution in [3.63, 3.8) is 0 Å². The van der Waals surface area contributed by atoms with Crippen molar-refractivity contribution in [2.24, 2.45) is 0 Å². The van der Waals surface area contributed by atoms with E-state index in [9.17, 15) is 4.79 Å². The van der Waals surface area contributed by atoms with Crippen LogP contribution in [-0.4, -0.2) is 65.3 Å². The summed E-state index contributed by atoms with van der Waals surface area (Å²) in [5.41, 5.74) is 6.76. The van der Waals surface area contributed by atoms with E-state index < -0.39 is 0 Å². The minimum Gasteiger partial charge on any atom is -0.380 e. The van der Waals surface area contributed by atoms with Crippen molar-refractivity contribution in [1.29, 1.82) is 0 Å². The molecule has 0 aliphatic carbocycles. The van der Waals surface area contributed by atoms with Crippen molar-refractivity contribution < 1.29 is 4.79 Å². The molecule has 1 aliphatic rings. The van der Waals surface area contributed by atoms with Gasteiger partial charge in [-0.1, -0.05) is 25.4 Å². The summed E-state index contributed by atoms with van der Waals surface area (Å²) in [6.07, 6.45) is 1.75. The minimum atomic E-state index is 0.0576. The lowest BCUT2D eigenvalue weighted by atomic mass is 10.0. The number of amides is 2. The molecular weight excluding hydrogens is 316 g/mol. The molecule has 2 unspecified atom stereocenters. The van der Waals surface area contributed by atoms with E-state index >= 15 is 0 Å². The molecule has 2 rings (SSSR count). The van der Waals surface area contributed by atoms with Crippen LogP contribution >= 0.6 is 11.6 Å². The fourth-order valence-electron chi connectivity index (χ4n) is 3.07. The number of carbonyl (C=O) groups is 1. The van der Waals surface area contributed by atoms with E-state index in [0.717, 1.165) is 18.5 Å². The molecule has 2 heterocycles. The molecule has 2 atom stereocenters. The van der Waals surface area contributed by atoms with Gasteiger partial charge in [-0.25, -0.2) is 4.79 Å². The van der Waals surface area contributed by atoms with E-state index in [0.29, 0.717) is 24.1 Å². The third kappa shape index (κ3) is 3.60. The molecule has 1 aliphatic heterocycles. The van der Waals surface area contributed by atoms with Crippen LogP contribution in [0.1, 0.15) is 26.7 Å². The van der Waals surface area contributed by atoms with Crippen molar-refractivity contribution >= 4 is 29.1 Å². The molecule has 128 valence electrons. The number of urea groups is 1. The zero-order chi connectivity index (χ0) is 17.1. The second-order valence-corrected chi connectivity index (χ2v) is 6.44. The van der Waals surface area contributed by atoms with Crippen molar-refractivity contribution in [3.8, 4) is 0 Å². The van der Waals surface area contributed by atoms with E-state index in [1.54, 1.807) is 25.1 Å². The average Bonchev–Trinajstić information content (AvgIpc) is 2.54. The summed E-state index contributed by atoms with van der Waals surface area (Å²) < 4.78 is 0. The Labute approximate surface area is 142 Å². The number of rotatable bonds is 3. The number of aromatic nitrogens is 2. The number of piperazine rings is 1. The third-order valence-corrected chi connectivity index (χ3v) is 4.49. The quantitative estimate of drug-likeness (QED) is 0.911. The summed E-state index contributed by atoms with van der Waals surface area (Å²) >= 11 is 5.97. The average molecular weight is 341 g/mol. The highest BCUT2D eigenvalue weighted by Gasteiger charge is 2.37. The molecule has 2 amide bonds. The van der Waals surface area contributed by atoms with Crippen molar-refractivity contribution in [1.82, 2.24) is 20.0 Å². The lowest BCUT2D eigenvalue weighted by Crippen LogP contribution is -2.62. The summed E-state index contributed by atoms with van der Waals surface area (Å²) in [7, 11) is 3.58. The van der Waals surface area contributed by atoms with Gasteiger partial charge in [-0.05, 0) is 12.8 Å². The molecule has 0 saturated carbocycles. The summed E-state index contributed by atoms with van der Waals surface area (Å²) in [5.74, 6) is 0.367. The number of anilines is 2. The fourth-order valence-corrected chi connectivity index (χ4v) is 3.21. The summed E-state index contributed by atoms with van der Waals surface area (Å²) in [6.45, 7) is 5.60. The monoisotopic (exact) mass is 340 g/mol. The van der Waals surface area contributed by atoms with E-state index in [2.05, 4.69) is 28.9 Å². The van der Waals surface area contributed by atoms with Gasteiger partial charge in [0.1, 0.15) is 0 Å². The predicted octanol–water partition coefficient (Wildman–Crippen LogP) is 2.07. The van der Waals surface area contributed by atoms with Crippen LogP contribution in [0.15, 0.2) is 6.07 Å². The maximum Gasteiger partial charge on any atom is 0.320 e. The van der Waals surface area contributed by atoms with Gasteiger partial charge in [-0.15, -0.1) is 10.2 Å². The first-order valence-electron chi connectivity index (χ1n) is 7.92. The Hall–Kier alpha value is -1.76. The normalized spacial score (nSPS) is 21.4. The first-order valence-corrected chi connectivity index (χ1v) is 8.30. The SMILES string of the molecule is CCC1CN(c2cc(Cl)nnc2N)CC(CC)N1C(=O)N(C)C. The molecule has 23 heavy (non-hydrogen) atoms. The van der Waals surface area contributed by atoms with Crippen LogP contribution in [0.25, 0.3) is 0 Å². The Morgan fingerprint density at radius 1 is 1.30 bits per heavy atom. The van der Waals surface area contributed by atoms with Gasteiger partial charge in [0.25, 0.3) is 0 Å². The van der Waals surface area contributed by atoms with Crippen molar-refractivity contribution in [2.75, 3.05) is 37.8 Å². The van der Waals surface area contributed by atoms with Gasteiger partial charge in [0, 0.05) is 33.3 Å². The molecule has 1 saturated heterocycles. The summed E-state index contributed by atoms with van der Waals surface area (Å²) in [5, 5.41) is 8.00. The molecule has 8 heteroatoms. The molecule has 0 spiro atoms. The molecule has 0 aromatic carbocycles. The van der Waals surface area contributed by atoms with E-state index in [4.69, 9.17) is 17.3 Å². The van der Waals surface area contributed by atoms with Crippen LogP contribution < -0.4 is 10.6 Å². The first-order chi connectivity index (χ1) is 10.9. The van der Waals surface area contributed by atoms with Crippen LogP contribution in [0.2, 0.25) is 5.15 Å². The van der Waals surface area contributed by atoms with Gasteiger partial charge in [-0.3, -0.25) is 0 Å². The highest BCUT2D eigenvalue weighted by Crippen LogP contribution is 2.29. The van der Waals surface area contributed by atoms with Gasteiger partial charge in [0.05, 0.1) is 17.8 Å². The Morgan fingerprint density at radius 3 is 2.35 bits per heavy atom. The fraction of sp³-hybridized carbons (Fsp3) is 0.667. The molecule has 7 nitrogen and oxygen atoms in total. The van der Waals surface area contributed by atoms with E-state index in [-0.39, 0.29) is 18.1 Å². The highest BCUT2D eigenvalue weighted by atomic mass is 35.5. The zero-order valence-electron chi connectivity index (χ0n) is 14.2. The largest absolute Gasteiger partial charge is 0.380 e. The molecule has 2 N–H and O–H groups in total. The number of nitrogen functional groups attached to an aromatic ring is 1. The second kappa shape index (κ2) is 7.21. The van der Waals surface area contributed by atoms with Gasteiger partial charge < -0.3 is 20.4 Å². The number of nitrogens with two attached hydrogens (primary N) is 1. The van der Waals surface area contributed by atoms with Crippen LogP contribution in [-0.2, 0) is 0 Å².